The second-order valence-electron chi connectivity index (χ2n) is 4.63. The Morgan fingerprint density at radius 3 is 2.86 bits per heavy atom. The van der Waals surface area contributed by atoms with Gasteiger partial charge in [-0.25, -0.2) is 4.39 Å². The molecule has 2 saturated heterocycles. The summed E-state index contributed by atoms with van der Waals surface area (Å²) in [5.41, 5.74) is -0.375. The van der Waals surface area contributed by atoms with Crippen molar-refractivity contribution in [3.63, 3.8) is 0 Å². The van der Waals surface area contributed by atoms with Gasteiger partial charge in [0, 0.05) is 18.5 Å². The van der Waals surface area contributed by atoms with Crippen LogP contribution in [-0.4, -0.2) is 42.7 Å². The van der Waals surface area contributed by atoms with Crippen molar-refractivity contribution in [2.45, 2.75) is 38.2 Å². The van der Waals surface area contributed by atoms with Crippen molar-refractivity contribution in [1.82, 2.24) is 4.90 Å². The molecule has 2 nitrogen and oxygen atoms in total. The lowest BCUT2D eigenvalue weighted by atomic mass is 9.97. The topological polar surface area (TPSA) is 12.5 Å². The number of hydrogen-bond donors (Lipinski definition) is 0. The van der Waals surface area contributed by atoms with Crippen LogP contribution in [0.5, 0.6) is 0 Å². The molecule has 4 heteroatoms. The molecule has 0 unspecified atom stereocenters. The number of ether oxygens (including phenoxy) is 1. The molecule has 0 aromatic carbocycles. The zero-order valence-corrected chi connectivity index (χ0v) is 8.67. The van der Waals surface area contributed by atoms with E-state index in [4.69, 9.17) is 4.74 Å². The van der Waals surface area contributed by atoms with Crippen LogP contribution in [0.3, 0.4) is 0 Å². The molecule has 0 aromatic rings. The first-order valence-electron chi connectivity index (χ1n) is 5.17. The molecule has 0 spiro atoms. The summed E-state index contributed by atoms with van der Waals surface area (Å²) in [6, 6.07) is 0.0794. The summed E-state index contributed by atoms with van der Waals surface area (Å²) < 4.78 is 31.4. The van der Waals surface area contributed by atoms with Crippen molar-refractivity contribution >= 4 is 0 Å². The maximum Gasteiger partial charge on any atom is 0.117 e. The fourth-order valence-corrected chi connectivity index (χ4v) is 2.64. The first-order chi connectivity index (χ1) is 6.56. The van der Waals surface area contributed by atoms with Crippen molar-refractivity contribution < 1.29 is 13.5 Å². The fourth-order valence-electron chi connectivity index (χ4n) is 2.64. The van der Waals surface area contributed by atoms with Crippen LogP contribution in [0.25, 0.3) is 0 Å². The van der Waals surface area contributed by atoms with Gasteiger partial charge in [0.15, 0.2) is 0 Å². The molecule has 0 radical (unpaired) electrons. The van der Waals surface area contributed by atoms with E-state index in [0.717, 1.165) is 0 Å². The van der Waals surface area contributed by atoms with Crippen LogP contribution < -0.4 is 0 Å². The first kappa shape index (κ1) is 10.3. The standard InChI is InChI=1S/C10H17F2NO/c1-10(2)13-5-8(12)7(3-4-11)9(13)6-14-10/h7-9H,3-6H2,1-2H3/t7-,8-,9-/m1/s1. The zero-order chi connectivity index (χ0) is 10.3. The maximum atomic E-state index is 13.6. The Morgan fingerprint density at radius 1 is 1.50 bits per heavy atom. The molecular formula is C10H17F2NO. The van der Waals surface area contributed by atoms with E-state index in [0.29, 0.717) is 19.6 Å². The molecule has 0 aromatic heterocycles. The second kappa shape index (κ2) is 3.42. The number of rotatable bonds is 2. The smallest absolute Gasteiger partial charge is 0.117 e. The van der Waals surface area contributed by atoms with Crippen LogP contribution in [0.1, 0.15) is 20.3 Å². The average Bonchev–Trinajstić information content (AvgIpc) is 2.55. The lowest BCUT2D eigenvalue weighted by Crippen LogP contribution is -2.41. The fraction of sp³-hybridized carbons (Fsp3) is 1.00. The predicted molar refractivity (Wildman–Crippen MR) is 49.5 cm³/mol. The summed E-state index contributed by atoms with van der Waals surface area (Å²) in [4.78, 5) is 2.03. The largest absolute Gasteiger partial charge is 0.359 e. The Balaban J connectivity index is 2.10. The van der Waals surface area contributed by atoms with Gasteiger partial charge in [0.2, 0.25) is 0 Å². The Morgan fingerprint density at radius 2 is 2.21 bits per heavy atom. The molecule has 2 fully saturated rings. The van der Waals surface area contributed by atoms with Crippen LogP contribution in [0.15, 0.2) is 0 Å². The van der Waals surface area contributed by atoms with Crippen LogP contribution in [-0.2, 0) is 4.74 Å². The minimum Gasteiger partial charge on any atom is -0.359 e. The summed E-state index contributed by atoms with van der Waals surface area (Å²) in [5, 5.41) is 0. The SMILES string of the molecule is CC1(C)OC[C@@H]2[C@H](CCF)[C@H](F)CN21. The zero-order valence-electron chi connectivity index (χ0n) is 8.67. The molecule has 2 heterocycles. The summed E-state index contributed by atoms with van der Waals surface area (Å²) >= 11 is 0. The third-order valence-corrected chi connectivity index (χ3v) is 3.47. The number of alkyl halides is 2. The third-order valence-electron chi connectivity index (χ3n) is 3.47. The Labute approximate surface area is 83.2 Å². The number of nitrogens with zero attached hydrogens (tertiary/aromatic N) is 1. The predicted octanol–water partition coefficient (Wildman–Crippen LogP) is 1.75. The van der Waals surface area contributed by atoms with Crippen molar-refractivity contribution in [2.75, 3.05) is 19.8 Å². The molecule has 0 amide bonds. The van der Waals surface area contributed by atoms with Gasteiger partial charge in [0.05, 0.1) is 13.3 Å². The van der Waals surface area contributed by atoms with E-state index in [9.17, 15) is 8.78 Å². The molecule has 2 aliphatic rings. The van der Waals surface area contributed by atoms with Crippen LogP contribution in [0.2, 0.25) is 0 Å². The third kappa shape index (κ3) is 1.44. The number of fused-ring (bicyclic) bond motifs is 1. The Bertz CT molecular complexity index is 222. The molecular weight excluding hydrogens is 188 g/mol. The van der Waals surface area contributed by atoms with E-state index in [1.807, 2.05) is 18.7 Å². The van der Waals surface area contributed by atoms with Gasteiger partial charge in [0.25, 0.3) is 0 Å². The van der Waals surface area contributed by atoms with Gasteiger partial charge in [-0.15, -0.1) is 0 Å². The normalized spacial score (nSPS) is 41.6. The molecule has 82 valence electrons. The van der Waals surface area contributed by atoms with Crippen LogP contribution >= 0.6 is 0 Å². The summed E-state index contributed by atoms with van der Waals surface area (Å²) in [5.74, 6) is -0.179. The highest BCUT2D eigenvalue weighted by Gasteiger charge is 2.52. The minimum atomic E-state index is -0.890. The van der Waals surface area contributed by atoms with E-state index in [1.165, 1.54) is 0 Å². The highest BCUT2D eigenvalue weighted by atomic mass is 19.1. The molecule has 0 saturated carbocycles. The maximum absolute atomic E-state index is 13.6. The lowest BCUT2D eigenvalue weighted by molar-refractivity contribution is -0.0520. The van der Waals surface area contributed by atoms with Gasteiger partial charge < -0.3 is 4.74 Å². The van der Waals surface area contributed by atoms with Gasteiger partial charge in [-0.1, -0.05) is 0 Å². The quantitative estimate of drug-likeness (QED) is 0.681. The van der Waals surface area contributed by atoms with E-state index < -0.39 is 12.8 Å². The molecule has 2 rings (SSSR count). The summed E-state index contributed by atoms with van der Waals surface area (Å²) in [7, 11) is 0. The highest BCUT2D eigenvalue weighted by Crippen LogP contribution is 2.40. The van der Waals surface area contributed by atoms with Crippen molar-refractivity contribution in [3.05, 3.63) is 0 Å². The number of hydrogen-bond acceptors (Lipinski definition) is 2. The molecule has 3 atom stereocenters. The van der Waals surface area contributed by atoms with E-state index in [1.54, 1.807) is 0 Å². The van der Waals surface area contributed by atoms with E-state index in [2.05, 4.69) is 0 Å². The van der Waals surface area contributed by atoms with E-state index in [-0.39, 0.29) is 17.7 Å². The minimum absolute atomic E-state index is 0.0794. The van der Waals surface area contributed by atoms with Gasteiger partial charge in [-0.05, 0) is 20.3 Å². The molecule has 2 aliphatic heterocycles. The van der Waals surface area contributed by atoms with E-state index >= 15 is 0 Å². The molecule has 14 heavy (non-hydrogen) atoms. The average molecular weight is 205 g/mol. The summed E-state index contributed by atoms with van der Waals surface area (Å²) in [6.07, 6.45) is -0.569. The number of halogens is 2. The van der Waals surface area contributed by atoms with Gasteiger partial charge in [0.1, 0.15) is 11.9 Å². The monoisotopic (exact) mass is 205 g/mol. The molecule has 0 bridgehead atoms. The molecule has 0 N–H and O–H groups in total. The highest BCUT2D eigenvalue weighted by molar-refractivity contribution is 5.00. The van der Waals surface area contributed by atoms with Gasteiger partial charge in [-0.2, -0.15) is 0 Å². The van der Waals surface area contributed by atoms with Crippen molar-refractivity contribution in [2.24, 2.45) is 5.92 Å². The van der Waals surface area contributed by atoms with Gasteiger partial charge >= 0.3 is 0 Å². The van der Waals surface area contributed by atoms with Crippen LogP contribution in [0, 0.1) is 5.92 Å². The van der Waals surface area contributed by atoms with Crippen molar-refractivity contribution in [3.8, 4) is 0 Å². The van der Waals surface area contributed by atoms with Crippen LogP contribution in [0.4, 0.5) is 8.78 Å². The first-order valence-corrected chi connectivity index (χ1v) is 5.17. The lowest BCUT2D eigenvalue weighted by Gasteiger charge is -2.28. The van der Waals surface area contributed by atoms with Gasteiger partial charge in [-0.3, -0.25) is 9.29 Å². The Hall–Kier alpha value is -0.220. The second-order valence-corrected chi connectivity index (χ2v) is 4.63. The summed E-state index contributed by atoms with van der Waals surface area (Å²) in [6.45, 7) is 4.38. The Kier molecular flexibility index (Phi) is 2.52. The molecule has 0 aliphatic carbocycles. The van der Waals surface area contributed by atoms with Crippen molar-refractivity contribution in [1.29, 1.82) is 0 Å².